The number of anilines is 1. The molecule has 0 spiro atoms. The van der Waals surface area contributed by atoms with Gasteiger partial charge in [0.25, 0.3) is 0 Å². The Morgan fingerprint density at radius 2 is 2.18 bits per heavy atom. The Morgan fingerprint density at radius 1 is 1.41 bits per heavy atom. The van der Waals surface area contributed by atoms with Gasteiger partial charge in [0.2, 0.25) is 0 Å². The van der Waals surface area contributed by atoms with Gasteiger partial charge >= 0.3 is 6.09 Å². The number of carbonyl (C=O) groups excluding carboxylic acids is 1. The first-order valence-corrected chi connectivity index (χ1v) is 7.05. The summed E-state index contributed by atoms with van der Waals surface area (Å²) in [6.07, 6.45) is 4.69. The smallest absolute Gasteiger partial charge is 0.413 e. The molecule has 0 radical (unpaired) electrons. The van der Waals surface area contributed by atoms with Crippen LogP contribution in [0.4, 0.5) is 10.6 Å². The molecule has 0 atom stereocenters. The van der Waals surface area contributed by atoms with Crippen molar-refractivity contribution in [3.63, 3.8) is 0 Å². The van der Waals surface area contributed by atoms with Crippen LogP contribution in [0, 0.1) is 0 Å². The summed E-state index contributed by atoms with van der Waals surface area (Å²) in [5, 5.41) is 10.1. The van der Waals surface area contributed by atoms with Gasteiger partial charge in [0.15, 0.2) is 0 Å². The lowest BCUT2D eigenvalue weighted by atomic mass is 10.2. The molecule has 0 aliphatic carbocycles. The zero-order chi connectivity index (χ0) is 16.2. The van der Waals surface area contributed by atoms with E-state index in [1.165, 1.54) is 0 Å². The van der Waals surface area contributed by atoms with Crippen LogP contribution in [0.15, 0.2) is 18.6 Å². The van der Waals surface area contributed by atoms with Crippen LogP contribution < -0.4 is 10.6 Å². The van der Waals surface area contributed by atoms with Crippen molar-refractivity contribution in [1.29, 1.82) is 0 Å². The van der Waals surface area contributed by atoms with Crippen molar-refractivity contribution in [3.8, 4) is 0 Å². The number of nitrogens with zero attached hydrogens (tertiary/aromatic N) is 3. The highest BCUT2D eigenvalue weighted by Crippen LogP contribution is 2.16. The maximum absolute atomic E-state index is 11.9. The Bertz CT molecular complexity index is 612. The average molecular weight is 306 g/mol. The van der Waals surface area contributed by atoms with Gasteiger partial charge < -0.3 is 15.0 Å². The molecule has 2 aromatic rings. The number of aromatic amines is 1. The molecule has 1 amide bonds. The minimum atomic E-state index is -0.541. The summed E-state index contributed by atoms with van der Waals surface area (Å²) in [5.41, 5.74) is 0.334. The zero-order valence-electron chi connectivity index (χ0n) is 13.3. The van der Waals surface area contributed by atoms with Crippen LogP contribution in [0.1, 0.15) is 32.2 Å². The van der Waals surface area contributed by atoms with Crippen LogP contribution >= 0.6 is 0 Å². The largest absolute Gasteiger partial charge is 0.444 e. The number of nitrogens with one attached hydrogen (secondary N) is 3. The number of hydrogen-bond donors (Lipinski definition) is 3. The van der Waals surface area contributed by atoms with Gasteiger partial charge in [0, 0.05) is 31.5 Å². The lowest BCUT2D eigenvalue weighted by Gasteiger charge is -2.20. The number of aryl methyl sites for hydroxylation is 1. The van der Waals surface area contributed by atoms with E-state index in [9.17, 15) is 4.79 Å². The summed E-state index contributed by atoms with van der Waals surface area (Å²) in [7, 11) is 1.77. The van der Waals surface area contributed by atoms with E-state index in [0.29, 0.717) is 18.9 Å². The van der Waals surface area contributed by atoms with Gasteiger partial charge in [0.05, 0.1) is 12.7 Å². The molecule has 0 unspecified atom stereocenters. The SMILES string of the molecule is Cn1ncc(CNCc2ncc[nH]2)c1NC(=O)OC(C)(C)C. The van der Waals surface area contributed by atoms with E-state index in [4.69, 9.17) is 4.74 Å². The molecule has 0 saturated carbocycles. The summed E-state index contributed by atoms with van der Waals surface area (Å²) in [6.45, 7) is 6.62. The molecule has 0 aliphatic heterocycles. The highest BCUT2D eigenvalue weighted by molar-refractivity contribution is 5.84. The minimum Gasteiger partial charge on any atom is -0.444 e. The second-order valence-electron chi connectivity index (χ2n) is 5.91. The van der Waals surface area contributed by atoms with Crippen molar-refractivity contribution in [3.05, 3.63) is 30.0 Å². The van der Waals surface area contributed by atoms with Crippen LogP contribution in [0.25, 0.3) is 0 Å². The Hall–Kier alpha value is -2.35. The van der Waals surface area contributed by atoms with E-state index >= 15 is 0 Å². The molecule has 2 rings (SSSR count). The molecule has 8 heteroatoms. The van der Waals surface area contributed by atoms with Crippen molar-refractivity contribution in [2.75, 3.05) is 5.32 Å². The number of hydrogen-bond acceptors (Lipinski definition) is 5. The Labute approximate surface area is 129 Å². The number of amides is 1. The maximum Gasteiger partial charge on any atom is 0.413 e. The second-order valence-corrected chi connectivity index (χ2v) is 5.91. The van der Waals surface area contributed by atoms with Gasteiger partial charge in [-0.1, -0.05) is 0 Å². The van der Waals surface area contributed by atoms with Gasteiger partial charge in [-0.3, -0.25) is 10.00 Å². The molecule has 0 aliphatic rings. The first-order valence-electron chi connectivity index (χ1n) is 7.05. The topological polar surface area (TPSA) is 96.9 Å². The van der Waals surface area contributed by atoms with E-state index < -0.39 is 11.7 Å². The van der Waals surface area contributed by atoms with Gasteiger partial charge in [-0.2, -0.15) is 5.10 Å². The third-order valence-corrected chi connectivity index (χ3v) is 2.80. The summed E-state index contributed by atoms with van der Waals surface area (Å²) in [4.78, 5) is 19.0. The highest BCUT2D eigenvalue weighted by Gasteiger charge is 2.18. The molecule has 2 aromatic heterocycles. The van der Waals surface area contributed by atoms with E-state index in [1.807, 2.05) is 20.8 Å². The second kappa shape index (κ2) is 6.61. The zero-order valence-corrected chi connectivity index (χ0v) is 13.3. The summed E-state index contributed by atoms with van der Waals surface area (Å²) in [6, 6.07) is 0. The summed E-state index contributed by atoms with van der Waals surface area (Å²) < 4.78 is 6.86. The number of carbonyl (C=O) groups is 1. The molecular weight excluding hydrogens is 284 g/mol. The lowest BCUT2D eigenvalue weighted by molar-refractivity contribution is 0.0634. The van der Waals surface area contributed by atoms with Crippen molar-refractivity contribution in [2.45, 2.75) is 39.5 Å². The predicted octanol–water partition coefficient (Wildman–Crippen LogP) is 1.78. The lowest BCUT2D eigenvalue weighted by Crippen LogP contribution is -2.28. The first kappa shape index (κ1) is 16.0. The third kappa shape index (κ3) is 4.59. The van der Waals surface area contributed by atoms with E-state index in [1.54, 1.807) is 30.3 Å². The highest BCUT2D eigenvalue weighted by atomic mass is 16.6. The van der Waals surface area contributed by atoms with E-state index in [2.05, 4.69) is 25.7 Å². The average Bonchev–Trinajstić information content (AvgIpc) is 3.01. The fourth-order valence-corrected chi connectivity index (χ4v) is 1.88. The molecule has 0 saturated heterocycles. The molecular formula is C14H22N6O2. The quantitative estimate of drug-likeness (QED) is 0.782. The molecule has 0 bridgehead atoms. The molecule has 0 fully saturated rings. The number of aromatic nitrogens is 4. The number of imidazole rings is 1. The Morgan fingerprint density at radius 3 is 2.82 bits per heavy atom. The van der Waals surface area contributed by atoms with Crippen molar-refractivity contribution < 1.29 is 9.53 Å². The number of rotatable bonds is 5. The Balaban J connectivity index is 1.94. The van der Waals surface area contributed by atoms with Crippen molar-refractivity contribution >= 4 is 11.9 Å². The summed E-state index contributed by atoms with van der Waals surface area (Å²) >= 11 is 0. The van der Waals surface area contributed by atoms with Gasteiger partial charge in [-0.25, -0.2) is 9.78 Å². The van der Waals surface area contributed by atoms with Crippen molar-refractivity contribution in [2.24, 2.45) is 7.05 Å². The summed E-state index contributed by atoms with van der Waals surface area (Å²) in [5.74, 6) is 1.46. The molecule has 0 aromatic carbocycles. The van der Waals surface area contributed by atoms with Gasteiger partial charge in [-0.15, -0.1) is 0 Å². The van der Waals surface area contributed by atoms with E-state index in [-0.39, 0.29) is 0 Å². The molecule has 8 nitrogen and oxygen atoms in total. The monoisotopic (exact) mass is 306 g/mol. The van der Waals surface area contributed by atoms with Gasteiger partial charge in [-0.05, 0) is 20.8 Å². The first-order chi connectivity index (χ1) is 10.3. The fourth-order valence-electron chi connectivity index (χ4n) is 1.88. The standard InChI is InChI=1S/C14H22N6O2/c1-14(2,3)22-13(21)19-12-10(8-18-20(12)4)7-15-9-11-16-5-6-17-11/h5-6,8,15H,7,9H2,1-4H3,(H,16,17)(H,19,21). The van der Waals surface area contributed by atoms with Gasteiger partial charge in [0.1, 0.15) is 17.2 Å². The minimum absolute atomic E-state index is 0.497. The van der Waals surface area contributed by atoms with Crippen LogP contribution in [0.5, 0.6) is 0 Å². The number of H-pyrrole nitrogens is 1. The van der Waals surface area contributed by atoms with Crippen LogP contribution in [-0.4, -0.2) is 31.4 Å². The molecule has 3 N–H and O–H groups in total. The maximum atomic E-state index is 11.9. The fraction of sp³-hybridized carbons (Fsp3) is 0.500. The Kier molecular flexibility index (Phi) is 4.81. The van der Waals surface area contributed by atoms with Crippen LogP contribution in [-0.2, 0) is 24.9 Å². The van der Waals surface area contributed by atoms with Crippen molar-refractivity contribution in [1.82, 2.24) is 25.1 Å². The molecule has 2 heterocycles. The molecule has 22 heavy (non-hydrogen) atoms. The third-order valence-electron chi connectivity index (χ3n) is 2.80. The normalized spacial score (nSPS) is 11.5. The van der Waals surface area contributed by atoms with E-state index in [0.717, 1.165) is 11.4 Å². The van der Waals surface area contributed by atoms with Crippen LogP contribution in [0.2, 0.25) is 0 Å². The predicted molar refractivity (Wildman–Crippen MR) is 82.2 cm³/mol. The van der Waals surface area contributed by atoms with Crippen LogP contribution in [0.3, 0.4) is 0 Å². The molecule has 120 valence electrons. The number of ether oxygens (including phenoxy) is 1.